The third-order valence-corrected chi connectivity index (χ3v) is 3.88. The van der Waals surface area contributed by atoms with E-state index in [1.165, 1.54) is 12.1 Å². The lowest BCUT2D eigenvalue weighted by molar-refractivity contribution is 0.399. The minimum absolute atomic E-state index is 0.306. The Bertz CT molecular complexity index is 405. The predicted molar refractivity (Wildman–Crippen MR) is 64.6 cm³/mol. The second-order valence-corrected chi connectivity index (χ2v) is 5.29. The van der Waals surface area contributed by atoms with Gasteiger partial charge in [0.05, 0.1) is 0 Å². The molecule has 0 saturated heterocycles. The van der Waals surface area contributed by atoms with Crippen molar-refractivity contribution in [3.8, 4) is 0 Å². The van der Waals surface area contributed by atoms with Gasteiger partial charge in [0, 0.05) is 11.6 Å². The summed E-state index contributed by atoms with van der Waals surface area (Å²) in [6.45, 7) is 2.16. The Kier molecular flexibility index (Phi) is 3.48. The van der Waals surface area contributed by atoms with E-state index < -0.39 is 11.6 Å². The van der Waals surface area contributed by atoms with Gasteiger partial charge in [-0.2, -0.15) is 0 Å². The van der Waals surface area contributed by atoms with Crippen molar-refractivity contribution in [3.63, 3.8) is 0 Å². The molecule has 1 aromatic rings. The number of hydrogen-bond acceptors (Lipinski definition) is 1. The van der Waals surface area contributed by atoms with Crippen LogP contribution in [0.2, 0.25) is 0 Å². The molecule has 0 aliphatic heterocycles. The normalized spacial score (nSPS) is 28.6. The molecule has 2 unspecified atom stereocenters. The zero-order valence-electron chi connectivity index (χ0n) is 10.2. The maximum atomic E-state index is 13.6. The Morgan fingerprint density at radius 2 is 2.18 bits per heavy atom. The van der Waals surface area contributed by atoms with Gasteiger partial charge in [0.2, 0.25) is 0 Å². The highest BCUT2D eigenvalue weighted by Crippen LogP contribution is 2.37. The molecule has 3 heteroatoms. The molecular formula is C14H19F2N. The summed E-state index contributed by atoms with van der Waals surface area (Å²) >= 11 is 0. The van der Waals surface area contributed by atoms with E-state index in [0.717, 1.165) is 31.7 Å². The van der Waals surface area contributed by atoms with E-state index in [2.05, 4.69) is 6.92 Å². The second kappa shape index (κ2) is 4.73. The summed E-state index contributed by atoms with van der Waals surface area (Å²) in [4.78, 5) is 0. The highest BCUT2D eigenvalue weighted by Gasteiger charge is 2.35. The van der Waals surface area contributed by atoms with Crippen LogP contribution < -0.4 is 5.73 Å². The standard InChI is InChI=1S/C14H19F2N/c1-2-10-5-6-14(17,8-10)9-11-3-4-12(15)7-13(11)16/h3-4,7,10H,2,5-6,8-9,17H2,1H3. The van der Waals surface area contributed by atoms with E-state index in [1.807, 2.05) is 0 Å². The first-order valence-corrected chi connectivity index (χ1v) is 6.25. The molecule has 1 aromatic carbocycles. The first kappa shape index (κ1) is 12.5. The summed E-state index contributed by atoms with van der Waals surface area (Å²) in [6, 6.07) is 3.75. The Labute approximate surface area is 101 Å². The third-order valence-electron chi connectivity index (χ3n) is 3.88. The van der Waals surface area contributed by atoms with Crippen molar-refractivity contribution in [1.29, 1.82) is 0 Å². The molecule has 0 aromatic heterocycles. The first-order valence-electron chi connectivity index (χ1n) is 6.25. The summed E-state index contributed by atoms with van der Waals surface area (Å²) < 4.78 is 26.4. The molecule has 0 bridgehead atoms. The largest absolute Gasteiger partial charge is 0.325 e. The van der Waals surface area contributed by atoms with Gasteiger partial charge in [-0.05, 0) is 43.2 Å². The van der Waals surface area contributed by atoms with E-state index in [4.69, 9.17) is 5.73 Å². The average Bonchev–Trinajstić information content (AvgIpc) is 2.65. The second-order valence-electron chi connectivity index (χ2n) is 5.29. The third kappa shape index (κ3) is 2.83. The van der Waals surface area contributed by atoms with Gasteiger partial charge in [-0.25, -0.2) is 8.78 Å². The van der Waals surface area contributed by atoms with E-state index >= 15 is 0 Å². The SMILES string of the molecule is CCC1CCC(N)(Cc2ccc(F)cc2F)C1. The van der Waals surface area contributed by atoms with Crippen LogP contribution in [-0.2, 0) is 6.42 Å². The van der Waals surface area contributed by atoms with E-state index in [-0.39, 0.29) is 5.54 Å². The van der Waals surface area contributed by atoms with E-state index in [1.54, 1.807) is 0 Å². The Morgan fingerprint density at radius 1 is 1.41 bits per heavy atom. The van der Waals surface area contributed by atoms with Gasteiger partial charge in [-0.1, -0.05) is 19.4 Å². The minimum Gasteiger partial charge on any atom is -0.325 e. The average molecular weight is 239 g/mol. The summed E-state index contributed by atoms with van der Waals surface area (Å²) in [5.74, 6) is -0.353. The summed E-state index contributed by atoms with van der Waals surface area (Å²) in [6.07, 6.45) is 4.64. The fraction of sp³-hybridized carbons (Fsp3) is 0.571. The molecule has 94 valence electrons. The van der Waals surface area contributed by atoms with Gasteiger partial charge in [-0.3, -0.25) is 0 Å². The van der Waals surface area contributed by atoms with Crippen LogP contribution in [-0.4, -0.2) is 5.54 Å². The van der Waals surface area contributed by atoms with Crippen LogP contribution in [0.5, 0.6) is 0 Å². The van der Waals surface area contributed by atoms with Gasteiger partial charge < -0.3 is 5.73 Å². The molecule has 1 saturated carbocycles. The molecule has 2 N–H and O–H groups in total. The van der Waals surface area contributed by atoms with Gasteiger partial charge in [0.15, 0.2) is 0 Å². The number of hydrogen-bond donors (Lipinski definition) is 1. The molecule has 0 heterocycles. The highest BCUT2D eigenvalue weighted by molar-refractivity contribution is 5.21. The van der Waals surface area contributed by atoms with Gasteiger partial charge in [-0.15, -0.1) is 0 Å². The van der Waals surface area contributed by atoms with E-state index in [0.29, 0.717) is 17.9 Å². The van der Waals surface area contributed by atoms with Crippen LogP contribution >= 0.6 is 0 Å². The first-order chi connectivity index (χ1) is 8.02. The Hall–Kier alpha value is -0.960. The fourth-order valence-corrected chi connectivity index (χ4v) is 2.82. The van der Waals surface area contributed by atoms with Crippen LogP contribution in [0.15, 0.2) is 18.2 Å². The van der Waals surface area contributed by atoms with Crippen LogP contribution in [0.1, 0.15) is 38.2 Å². The number of nitrogens with two attached hydrogens (primary N) is 1. The van der Waals surface area contributed by atoms with Crippen LogP contribution in [0, 0.1) is 17.6 Å². The van der Waals surface area contributed by atoms with Crippen molar-refractivity contribution in [2.45, 2.75) is 44.6 Å². The molecule has 2 rings (SSSR count). The van der Waals surface area contributed by atoms with Gasteiger partial charge >= 0.3 is 0 Å². The molecule has 1 aliphatic carbocycles. The summed E-state index contributed by atoms with van der Waals surface area (Å²) in [7, 11) is 0. The molecule has 17 heavy (non-hydrogen) atoms. The molecule has 1 nitrogen and oxygen atoms in total. The molecule has 1 fully saturated rings. The van der Waals surface area contributed by atoms with Crippen molar-refractivity contribution in [2.75, 3.05) is 0 Å². The molecule has 2 atom stereocenters. The molecular weight excluding hydrogens is 220 g/mol. The monoisotopic (exact) mass is 239 g/mol. The Balaban J connectivity index is 2.10. The lowest BCUT2D eigenvalue weighted by Crippen LogP contribution is -2.39. The lowest BCUT2D eigenvalue weighted by atomic mass is 9.88. The highest BCUT2D eigenvalue weighted by atomic mass is 19.1. The van der Waals surface area contributed by atoms with Crippen molar-refractivity contribution < 1.29 is 8.78 Å². The smallest absolute Gasteiger partial charge is 0.129 e. The molecule has 0 amide bonds. The molecule has 0 radical (unpaired) electrons. The molecule has 0 spiro atoms. The van der Waals surface area contributed by atoms with Crippen LogP contribution in [0.4, 0.5) is 8.78 Å². The van der Waals surface area contributed by atoms with Crippen LogP contribution in [0.25, 0.3) is 0 Å². The summed E-state index contributed by atoms with van der Waals surface area (Å²) in [5.41, 5.74) is 6.53. The number of halogens is 2. The Morgan fingerprint density at radius 3 is 2.76 bits per heavy atom. The quantitative estimate of drug-likeness (QED) is 0.859. The topological polar surface area (TPSA) is 26.0 Å². The molecule has 1 aliphatic rings. The predicted octanol–water partition coefficient (Wildman–Crippen LogP) is 3.41. The van der Waals surface area contributed by atoms with Crippen molar-refractivity contribution >= 4 is 0 Å². The van der Waals surface area contributed by atoms with Crippen molar-refractivity contribution in [1.82, 2.24) is 0 Å². The summed E-state index contributed by atoms with van der Waals surface area (Å²) in [5, 5.41) is 0. The fourth-order valence-electron chi connectivity index (χ4n) is 2.82. The van der Waals surface area contributed by atoms with E-state index in [9.17, 15) is 8.78 Å². The maximum Gasteiger partial charge on any atom is 0.129 e. The van der Waals surface area contributed by atoms with Crippen molar-refractivity contribution in [3.05, 3.63) is 35.4 Å². The zero-order chi connectivity index (χ0) is 12.5. The van der Waals surface area contributed by atoms with Gasteiger partial charge in [0.1, 0.15) is 11.6 Å². The number of rotatable bonds is 3. The zero-order valence-corrected chi connectivity index (χ0v) is 10.2. The number of benzene rings is 1. The van der Waals surface area contributed by atoms with Gasteiger partial charge in [0.25, 0.3) is 0 Å². The van der Waals surface area contributed by atoms with Crippen LogP contribution in [0.3, 0.4) is 0 Å². The maximum absolute atomic E-state index is 13.6. The van der Waals surface area contributed by atoms with Crippen molar-refractivity contribution in [2.24, 2.45) is 11.7 Å². The lowest BCUT2D eigenvalue weighted by Gasteiger charge is -2.24. The minimum atomic E-state index is -0.532.